The van der Waals surface area contributed by atoms with Crippen molar-refractivity contribution in [2.75, 3.05) is 5.73 Å². The lowest BCUT2D eigenvalue weighted by molar-refractivity contribution is 1.11. The first-order valence-corrected chi connectivity index (χ1v) is 12.5. The van der Waals surface area contributed by atoms with Gasteiger partial charge in [-0.15, -0.1) is 0 Å². The van der Waals surface area contributed by atoms with Gasteiger partial charge in [-0.1, -0.05) is 111 Å². The van der Waals surface area contributed by atoms with Crippen molar-refractivity contribution < 1.29 is 0 Å². The SMILES string of the molecule is C=C(N)c1c(C)cccc1-c1ccccc1.C=C/C(=C\C)C(=N)N.CC/C(C)=C/c1ccccc1N.N=CN. The van der Waals surface area contributed by atoms with Gasteiger partial charge in [0.05, 0.1) is 6.34 Å². The minimum absolute atomic E-state index is 0.0718. The van der Waals surface area contributed by atoms with Gasteiger partial charge in [0.15, 0.2) is 0 Å². The zero-order valence-corrected chi connectivity index (χ0v) is 23.7. The van der Waals surface area contributed by atoms with Crippen LogP contribution in [0.5, 0.6) is 0 Å². The molecule has 0 aliphatic rings. The predicted molar refractivity (Wildman–Crippen MR) is 173 cm³/mol. The van der Waals surface area contributed by atoms with E-state index in [0.717, 1.165) is 40.7 Å². The fourth-order valence-corrected chi connectivity index (χ4v) is 3.35. The molecule has 0 fully saturated rings. The fourth-order valence-electron chi connectivity index (χ4n) is 3.35. The molecule has 0 saturated heterocycles. The minimum atomic E-state index is 0.0718. The van der Waals surface area contributed by atoms with Crippen LogP contribution in [-0.2, 0) is 0 Å². The lowest BCUT2D eigenvalue weighted by Gasteiger charge is -2.12. The summed E-state index contributed by atoms with van der Waals surface area (Å²) in [6.45, 7) is 15.4. The van der Waals surface area contributed by atoms with Gasteiger partial charge in [0.1, 0.15) is 5.84 Å². The van der Waals surface area contributed by atoms with E-state index >= 15 is 0 Å². The number of benzene rings is 3. The van der Waals surface area contributed by atoms with Gasteiger partial charge >= 0.3 is 0 Å². The Hall–Kier alpha value is -4.84. The van der Waals surface area contributed by atoms with Crippen molar-refractivity contribution in [2.45, 2.75) is 34.1 Å². The highest BCUT2D eigenvalue weighted by molar-refractivity contribution is 5.96. The summed E-state index contributed by atoms with van der Waals surface area (Å²) in [7, 11) is 0. The molecule has 0 atom stereocenters. The van der Waals surface area contributed by atoms with Gasteiger partial charge in [0, 0.05) is 22.5 Å². The zero-order valence-electron chi connectivity index (χ0n) is 23.7. The highest BCUT2D eigenvalue weighted by Gasteiger charge is 2.08. The first-order valence-electron chi connectivity index (χ1n) is 12.5. The largest absolute Gasteiger partial charge is 0.399 e. The molecule has 3 rings (SSSR count). The average Bonchev–Trinajstić information content (AvgIpc) is 2.92. The van der Waals surface area contributed by atoms with Crippen LogP contribution in [0.2, 0.25) is 0 Å². The maximum Gasteiger partial charge on any atom is 0.122 e. The van der Waals surface area contributed by atoms with Crippen LogP contribution in [0.15, 0.2) is 109 Å². The monoisotopic (exact) mass is 524 g/mol. The number of allylic oxidation sites excluding steroid dienone is 2. The highest BCUT2D eigenvalue weighted by Crippen LogP contribution is 2.28. The van der Waals surface area contributed by atoms with E-state index in [1.807, 2.05) is 55.5 Å². The Morgan fingerprint density at radius 1 is 0.949 bits per heavy atom. The minimum Gasteiger partial charge on any atom is -0.399 e. The third-order valence-electron chi connectivity index (χ3n) is 5.48. The van der Waals surface area contributed by atoms with Gasteiger partial charge in [0.25, 0.3) is 0 Å². The Kier molecular flexibility index (Phi) is 16.9. The van der Waals surface area contributed by atoms with Crippen molar-refractivity contribution in [2.24, 2.45) is 17.2 Å². The van der Waals surface area contributed by atoms with Crippen molar-refractivity contribution in [3.05, 3.63) is 126 Å². The molecule has 39 heavy (non-hydrogen) atoms. The van der Waals surface area contributed by atoms with Gasteiger partial charge in [0.2, 0.25) is 0 Å². The second kappa shape index (κ2) is 19.3. The number of rotatable bonds is 6. The van der Waals surface area contributed by atoms with E-state index in [1.54, 1.807) is 12.2 Å². The van der Waals surface area contributed by atoms with Crippen molar-refractivity contribution in [1.82, 2.24) is 0 Å². The topological polar surface area (TPSA) is 152 Å². The van der Waals surface area contributed by atoms with E-state index in [-0.39, 0.29) is 5.84 Å². The summed E-state index contributed by atoms with van der Waals surface area (Å²) < 4.78 is 0. The number of amidine groups is 1. The van der Waals surface area contributed by atoms with Crippen LogP contribution in [0.4, 0.5) is 5.69 Å². The van der Waals surface area contributed by atoms with Gasteiger partial charge in [-0.25, -0.2) is 0 Å². The standard InChI is InChI=1S/C15H15N.C11H15N.C6H10N2.CH4N2/c1-11-7-6-10-14(15(11)12(2)16)13-8-4-3-5-9-13;1-3-9(2)8-10-6-4-5-7-11(10)12;1-3-5(4-2)6(7)8;2-1-3/h3-10H,2,16H2,1H3;4-8H,3,12H2,1-2H3;3-4H,1H2,2H3,(H3,7,8);1H,(H3,2,3)/b;9-8+;5-4+;. The summed E-state index contributed by atoms with van der Waals surface area (Å²) in [4.78, 5) is 0. The number of nitrogen functional groups attached to an aromatic ring is 1. The van der Waals surface area contributed by atoms with Gasteiger partial charge in [-0.05, 0) is 55.5 Å². The molecule has 10 N–H and O–H groups in total. The van der Waals surface area contributed by atoms with Crippen LogP contribution in [0, 0.1) is 17.7 Å². The summed E-state index contributed by atoms with van der Waals surface area (Å²) in [6, 6.07) is 24.3. The molecule has 206 valence electrons. The first kappa shape index (κ1) is 34.2. The molecule has 3 aromatic rings. The molecular formula is C33H44N6. The Balaban J connectivity index is 0.000000557. The predicted octanol–water partition coefficient (Wildman–Crippen LogP) is 7.28. The normalized spacial score (nSPS) is 10.3. The lowest BCUT2D eigenvalue weighted by Crippen LogP contribution is -2.10. The van der Waals surface area contributed by atoms with E-state index in [0.29, 0.717) is 11.3 Å². The molecule has 0 bridgehead atoms. The number of hydrogen-bond acceptors (Lipinski definition) is 4. The smallest absolute Gasteiger partial charge is 0.122 e. The van der Waals surface area contributed by atoms with Crippen molar-refractivity contribution in [3.8, 4) is 11.1 Å². The van der Waals surface area contributed by atoms with E-state index in [1.165, 1.54) is 11.1 Å². The summed E-state index contributed by atoms with van der Waals surface area (Å²) in [5, 5.41) is 12.8. The Bertz CT molecular complexity index is 1270. The number of nitrogens with one attached hydrogen (secondary N) is 2. The highest BCUT2D eigenvalue weighted by atomic mass is 14.7. The molecule has 6 heteroatoms. The molecule has 0 unspecified atom stereocenters. The van der Waals surface area contributed by atoms with Gasteiger partial charge < -0.3 is 22.9 Å². The van der Waals surface area contributed by atoms with Crippen LogP contribution < -0.4 is 22.9 Å². The van der Waals surface area contributed by atoms with Gasteiger partial charge in [-0.2, -0.15) is 0 Å². The van der Waals surface area contributed by atoms with Crippen LogP contribution in [0.1, 0.15) is 43.9 Å². The number of nitrogens with two attached hydrogens (primary N) is 4. The zero-order chi connectivity index (χ0) is 29.8. The molecule has 0 radical (unpaired) electrons. The van der Waals surface area contributed by atoms with Crippen LogP contribution in [0.25, 0.3) is 22.9 Å². The Labute approximate surface area is 234 Å². The number of anilines is 1. The molecule has 3 aromatic carbocycles. The summed E-state index contributed by atoms with van der Waals surface area (Å²) in [5.74, 6) is 0.0718. The van der Waals surface area contributed by atoms with Crippen LogP contribution in [-0.4, -0.2) is 12.2 Å². The summed E-state index contributed by atoms with van der Waals surface area (Å²) in [6.07, 6.45) is 7.27. The molecular weight excluding hydrogens is 480 g/mol. The van der Waals surface area contributed by atoms with Crippen LogP contribution in [0.3, 0.4) is 0 Å². The number of para-hydroxylation sites is 1. The van der Waals surface area contributed by atoms with Crippen molar-refractivity contribution >= 4 is 29.6 Å². The lowest BCUT2D eigenvalue weighted by atomic mass is 9.94. The van der Waals surface area contributed by atoms with Crippen LogP contribution >= 0.6 is 0 Å². The van der Waals surface area contributed by atoms with E-state index < -0.39 is 0 Å². The quantitative estimate of drug-likeness (QED) is 0.0868. The third-order valence-corrected chi connectivity index (χ3v) is 5.48. The number of aryl methyl sites for hydroxylation is 1. The molecule has 0 aliphatic carbocycles. The molecule has 0 heterocycles. The molecule has 0 aliphatic heterocycles. The van der Waals surface area contributed by atoms with Crippen molar-refractivity contribution in [1.29, 1.82) is 10.8 Å². The third kappa shape index (κ3) is 12.8. The van der Waals surface area contributed by atoms with E-state index in [9.17, 15) is 0 Å². The molecule has 0 saturated carbocycles. The molecule has 0 aromatic heterocycles. The second-order valence-electron chi connectivity index (χ2n) is 8.39. The summed E-state index contributed by atoms with van der Waals surface area (Å²) in [5.41, 5.74) is 30.3. The molecule has 0 spiro atoms. The first-order chi connectivity index (χ1) is 18.6. The van der Waals surface area contributed by atoms with Crippen molar-refractivity contribution in [3.63, 3.8) is 0 Å². The maximum atomic E-state index is 6.89. The Morgan fingerprint density at radius 2 is 1.51 bits per heavy atom. The Morgan fingerprint density at radius 3 is 1.95 bits per heavy atom. The fraction of sp³-hybridized carbons (Fsp3) is 0.152. The second-order valence-corrected chi connectivity index (χ2v) is 8.39. The van der Waals surface area contributed by atoms with Gasteiger partial charge in [-0.3, -0.25) is 10.8 Å². The molecule has 6 nitrogen and oxygen atoms in total. The average molecular weight is 525 g/mol. The van der Waals surface area contributed by atoms with E-state index in [4.69, 9.17) is 28.0 Å². The summed E-state index contributed by atoms with van der Waals surface area (Å²) >= 11 is 0. The maximum absolute atomic E-state index is 6.89. The number of hydrogen-bond donors (Lipinski definition) is 6. The molecule has 0 amide bonds. The van der Waals surface area contributed by atoms with E-state index in [2.05, 4.69) is 70.0 Å².